The van der Waals surface area contributed by atoms with Crippen molar-refractivity contribution in [1.82, 2.24) is 4.98 Å². The summed E-state index contributed by atoms with van der Waals surface area (Å²) in [6.07, 6.45) is 4.02. The lowest BCUT2D eigenvalue weighted by Gasteiger charge is -2.05. The minimum absolute atomic E-state index is 0.0671. The zero-order valence-corrected chi connectivity index (χ0v) is 12.8. The van der Waals surface area contributed by atoms with Crippen molar-refractivity contribution in [3.8, 4) is 0 Å². The Morgan fingerprint density at radius 3 is 2.68 bits per heavy atom. The van der Waals surface area contributed by atoms with Crippen molar-refractivity contribution in [2.75, 3.05) is 11.6 Å². The molecule has 0 saturated heterocycles. The van der Waals surface area contributed by atoms with Gasteiger partial charge in [-0.2, -0.15) is 0 Å². The average molecular weight is 337 g/mol. The monoisotopic (exact) mass is 336 g/mol. The lowest BCUT2D eigenvalue weighted by molar-refractivity contribution is -0.115. The summed E-state index contributed by atoms with van der Waals surface area (Å²) in [6.45, 7) is 0. The Kier molecular flexibility index (Phi) is 4.99. The van der Waals surface area contributed by atoms with Crippen molar-refractivity contribution in [2.45, 2.75) is 11.3 Å². The molecule has 1 N–H and O–H groups in total. The van der Waals surface area contributed by atoms with E-state index in [2.05, 4.69) is 26.2 Å². The van der Waals surface area contributed by atoms with Crippen molar-refractivity contribution in [3.63, 3.8) is 0 Å². The van der Waals surface area contributed by atoms with Crippen LogP contribution in [0.3, 0.4) is 0 Å². The van der Waals surface area contributed by atoms with Crippen molar-refractivity contribution in [1.29, 1.82) is 0 Å². The van der Waals surface area contributed by atoms with E-state index >= 15 is 0 Å². The number of carbonyl (C=O) groups excluding carboxylic acids is 1. The fourth-order valence-corrected chi connectivity index (χ4v) is 2.33. The van der Waals surface area contributed by atoms with E-state index in [0.29, 0.717) is 12.2 Å². The number of pyridine rings is 1. The third-order valence-corrected chi connectivity index (χ3v) is 3.75. The predicted molar refractivity (Wildman–Crippen MR) is 82.5 cm³/mol. The predicted octanol–water partition coefficient (Wildman–Crippen LogP) is 3.75. The van der Waals surface area contributed by atoms with Gasteiger partial charge in [0.15, 0.2) is 0 Å². The molecule has 0 saturated carbocycles. The molecule has 5 heteroatoms. The van der Waals surface area contributed by atoms with E-state index < -0.39 is 0 Å². The number of hydrogen-bond acceptors (Lipinski definition) is 3. The van der Waals surface area contributed by atoms with Gasteiger partial charge < -0.3 is 5.32 Å². The number of nitrogens with one attached hydrogen (secondary N) is 1. The molecule has 0 atom stereocenters. The first kappa shape index (κ1) is 14.1. The number of carbonyl (C=O) groups is 1. The van der Waals surface area contributed by atoms with Crippen LogP contribution in [-0.2, 0) is 11.2 Å². The second-order valence-electron chi connectivity index (χ2n) is 3.93. The van der Waals surface area contributed by atoms with Gasteiger partial charge in [0.1, 0.15) is 5.82 Å². The van der Waals surface area contributed by atoms with Crippen LogP contribution >= 0.6 is 27.7 Å². The highest BCUT2D eigenvalue weighted by atomic mass is 79.9. The highest BCUT2D eigenvalue weighted by molar-refractivity contribution is 9.10. The Morgan fingerprint density at radius 1 is 1.32 bits per heavy atom. The number of nitrogens with zero attached hydrogens (tertiary/aromatic N) is 1. The van der Waals surface area contributed by atoms with Gasteiger partial charge in [0, 0.05) is 15.6 Å². The van der Waals surface area contributed by atoms with Crippen LogP contribution in [0.5, 0.6) is 0 Å². The quantitative estimate of drug-likeness (QED) is 0.864. The fraction of sp³-hybridized carbons (Fsp3) is 0.143. The number of thioether (sulfide) groups is 1. The molecule has 0 spiro atoms. The highest BCUT2D eigenvalue weighted by Gasteiger charge is 2.05. The number of aromatic nitrogens is 1. The number of hydrogen-bond donors (Lipinski definition) is 1. The molecule has 1 aromatic carbocycles. The van der Waals surface area contributed by atoms with E-state index in [0.717, 1.165) is 10.0 Å². The Balaban J connectivity index is 1.97. The molecule has 0 aliphatic carbocycles. The molecule has 2 aromatic rings. The van der Waals surface area contributed by atoms with Crippen LogP contribution in [0, 0.1) is 0 Å². The van der Waals surface area contributed by atoms with Crippen LogP contribution in [0.25, 0.3) is 0 Å². The topological polar surface area (TPSA) is 42.0 Å². The molecular formula is C14H13BrN2OS. The summed E-state index contributed by atoms with van der Waals surface area (Å²) in [5.74, 6) is 0.489. The van der Waals surface area contributed by atoms with E-state index in [1.54, 1.807) is 24.0 Å². The number of anilines is 1. The molecule has 0 bridgehead atoms. The molecule has 1 aromatic heterocycles. The maximum atomic E-state index is 11.9. The second kappa shape index (κ2) is 6.73. The molecule has 0 fully saturated rings. The van der Waals surface area contributed by atoms with Crippen molar-refractivity contribution < 1.29 is 4.79 Å². The van der Waals surface area contributed by atoms with Crippen molar-refractivity contribution in [2.24, 2.45) is 0 Å². The SMILES string of the molecule is CSc1ccc(CC(=O)Nc2cc(Br)ccn2)cc1. The van der Waals surface area contributed by atoms with Crippen LogP contribution in [-0.4, -0.2) is 17.1 Å². The Hall–Kier alpha value is -1.33. The number of rotatable bonds is 4. The minimum atomic E-state index is -0.0671. The Bertz CT molecular complexity index is 572. The molecule has 19 heavy (non-hydrogen) atoms. The first-order chi connectivity index (χ1) is 9.17. The van der Waals surface area contributed by atoms with Crippen LogP contribution < -0.4 is 5.32 Å². The Labute approximate surface area is 125 Å². The van der Waals surface area contributed by atoms with E-state index in [1.165, 1.54) is 4.90 Å². The Morgan fingerprint density at radius 2 is 2.05 bits per heavy atom. The van der Waals surface area contributed by atoms with E-state index in [4.69, 9.17) is 0 Å². The smallest absolute Gasteiger partial charge is 0.229 e. The lowest BCUT2D eigenvalue weighted by atomic mass is 10.1. The lowest BCUT2D eigenvalue weighted by Crippen LogP contribution is -2.15. The summed E-state index contributed by atoms with van der Waals surface area (Å²) in [7, 11) is 0. The molecule has 0 aliphatic heterocycles. The van der Waals surface area contributed by atoms with Gasteiger partial charge in [-0.3, -0.25) is 4.79 Å². The molecule has 0 aliphatic rings. The first-order valence-corrected chi connectivity index (χ1v) is 7.73. The summed E-state index contributed by atoms with van der Waals surface area (Å²) in [5.41, 5.74) is 0.991. The van der Waals surface area contributed by atoms with Gasteiger partial charge in [-0.05, 0) is 36.1 Å². The number of amides is 1. The maximum Gasteiger partial charge on any atom is 0.229 e. The van der Waals surface area contributed by atoms with Crippen LogP contribution in [0.4, 0.5) is 5.82 Å². The van der Waals surface area contributed by atoms with Crippen molar-refractivity contribution in [3.05, 3.63) is 52.6 Å². The summed E-state index contributed by atoms with van der Waals surface area (Å²) in [4.78, 5) is 17.2. The van der Waals surface area contributed by atoms with Gasteiger partial charge in [-0.1, -0.05) is 28.1 Å². The average Bonchev–Trinajstić information content (AvgIpc) is 2.39. The summed E-state index contributed by atoms with van der Waals surface area (Å²) in [5, 5.41) is 2.77. The molecule has 3 nitrogen and oxygen atoms in total. The van der Waals surface area contributed by atoms with Gasteiger partial charge in [-0.25, -0.2) is 4.98 Å². The van der Waals surface area contributed by atoms with Gasteiger partial charge >= 0.3 is 0 Å². The van der Waals surface area contributed by atoms with Crippen LogP contribution in [0.15, 0.2) is 52.0 Å². The maximum absolute atomic E-state index is 11.9. The fourth-order valence-electron chi connectivity index (χ4n) is 1.59. The molecule has 1 heterocycles. The van der Waals surface area contributed by atoms with E-state index in [9.17, 15) is 4.79 Å². The normalized spacial score (nSPS) is 10.2. The van der Waals surface area contributed by atoms with E-state index in [1.807, 2.05) is 36.6 Å². The number of halogens is 1. The molecule has 98 valence electrons. The van der Waals surface area contributed by atoms with Gasteiger partial charge in [0.25, 0.3) is 0 Å². The highest BCUT2D eigenvalue weighted by Crippen LogP contribution is 2.16. The second-order valence-corrected chi connectivity index (χ2v) is 5.73. The zero-order valence-electron chi connectivity index (χ0n) is 10.4. The molecular weight excluding hydrogens is 324 g/mol. The van der Waals surface area contributed by atoms with Crippen LogP contribution in [0.2, 0.25) is 0 Å². The molecule has 1 amide bonds. The molecule has 0 radical (unpaired) electrons. The zero-order chi connectivity index (χ0) is 13.7. The van der Waals surface area contributed by atoms with Crippen molar-refractivity contribution >= 4 is 39.4 Å². The van der Waals surface area contributed by atoms with Gasteiger partial charge in [0.2, 0.25) is 5.91 Å². The molecule has 2 rings (SSSR count). The van der Waals surface area contributed by atoms with Gasteiger partial charge in [0.05, 0.1) is 6.42 Å². The third kappa shape index (κ3) is 4.36. The van der Waals surface area contributed by atoms with E-state index in [-0.39, 0.29) is 5.91 Å². The third-order valence-electron chi connectivity index (χ3n) is 2.51. The summed E-state index contributed by atoms with van der Waals surface area (Å²) >= 11 is 5.03. The van der Waals surface area contributed by atoms with Gasteiger partial charge in [-0.15, -0.1) is 11.8 Å². The minimum Gasteiger partial charge on any atom is -0.310 e. The standard InChI is InChI=1S/C14H13BrN2OS/c1-19-12-4-2-10(3-5-12)8-14(18)17-13-9-11(15)6-7-16-13/h2-7,9H,8H2,1H3,(H,16,17,18). The first-order valence-electron chi connectivity index (χ1n) is 5.72. The largest absolute Gasteiger partial charge is 0.310 e. The molecule has 0 unspecified atom stereocenters. The summed E-state index contributed by atoms with van der Waals surface area (Å²) in [6, 6.07) is 11.6. The number of benzene rings is 1. The summed E-state index contributed by atoms with van der Waals surface area (Å²) < 4.78 is 0.891. The van der Waals surface area contributed by atoms with Crippen LogP contribution in [0.1, 0.15) is 5.56 Å².